The van der Waals surface area contributed by atoms with Gasteiger partial charge in [-0.05, 0) is 68.7 Å². The average Bonchev–Trinajstić information content (AvgIpc) is 2.94. The number of anilines is 1. The van der Waals surface area contributed by atoms with Crippen LogP contribution in [0, 0.1) is 0 Å². The van der Waals surface area contributed by atoms with Gasteiger partial charge >= 0.3 is 0 Å². The number of morpholine rings is 1. The molecule has 1 amide bonds. The summed E-state index contributed by atoms with van der Waals surface area (Å²) in [5, 5.41) is 3.20. The maximum atomic E-state index is 12.7. The van der Waals surface area contributed by atoms with Crippen molar-refractivity contribution in [3.05, 3.63) is 29.3 Å². The highest BCUT2D eigenvalue weighted by molar-refractivity contribution is 5.93. The molecule has 2 aliphatic heterocycles. The smallest absolute Gasteiger partial charge is 0.238 e. The van der Waals surface area contributed by atoms with E-state index >= 15 is 0 Å². The van der Waals surface area contributed by atoms with Crippen LogP contribution < -0.4 is 5.32 Å². The Morgan fingerprint density at radius 1 is 1.04 bits per heavy atom. The van der Waals surface area contributed by atoms with Gasteiger partial charge in [0.05, 0.1) is 19.8 Å². The van der Waals surface area contributed by atoms with Gasteiger partial charge in [0, 0.05) is 31.4 Å². The lowest BCUT2D eigenvalue weighted by Crippen LogP contribution is -2.44. The Morgan fingerprint density at radius 2 is 1.89 bits per heavy atom. The van der Waals surface area contributed by atoms with Crippen LogP contribution in [0.1, 0.15) is 43.2 Å². The van der Waals surface area contributed by atoms with E-state index in [1.807, 2.05) is 0 Å². The molecule has 5 nitrogen and oxygen atoms in total. The van der Waals surface area contributed by atoms with E-state index < -0.39 is 0 Å². The van der Waals surface area contributed by atoms with Gasteiger partial charge in [-0.15, -0.1) is 0 Å². The van der Waals surface area contributed by atoms with Crippen molar-refractivity contribution in [2.75, 3.05) is 51.3 Å². The van der Waals surface area contributed by atoms with Crippen LogP contribution in [0.25, 0.3) is 0 Å². The van der Waals surface area contributed by atoms with E-state index in [9.17, 15) is 4.79 Å². The van der Waals surface area contributed by atoms with Crippen molar-refractivity contribution >= 4 is 11.6 Å². The Balaban J connectivity index is 1.30. The average molecular weight is 372 g/mol. The molecule has 0 saturated carbocycles. The summed E-state index contributed by atoms with van der Waals surface area (Å²) in [6, 6.07) is 7.02. The fourth-order valence-corrected chi connectivity index (χ4v) is 4.90. The number of likely N-dealkylation sites (tertiary alicyclic amines) is 1. The first kappa shape index (κ1) is 18.9. The van der Waals surface area contributed by atoms with Crippen molar-refractivity contribution in [1.29, 1.82) is 0 Å². The molecular weight excluding hydrogens is 338 g/mol. The largest absolute Gasteiger partial charge is 0.379 e. The summed E-state index contributed by atoms with van der Waals surface area (Å²) in [6.45, 7) is 6.41. The predicted molar refractivity (Wildman–Crippen MR) is 108 cm³/mol. The van der Waals surface area contributed by atoms with Crippen molar-refractivity contribution in [2.24, 2.45) is 0 Å². The molecule has 2 saturated heterocycles. The number of fused-ring (bicyclic) bond motifs is 1. The molecule has 4 rings (SSSR count). The number of carbonyl (C=O) groups is 1. The van der Waals surface area contributed by atoms with Gasteiger partial charge in [0.15, 0.2) is 0 Å². The summed E-state index contributed by atoms with van der Waals surface area (Å²) >= 11 is 0. The lowest BCUT2D eigenvalue weighted by Gasteiger charge is -2.34. The SMILES string of the molecule is O=C(CN1CCCC(N2CCOCC2)CC1)Nc1cccc2c1CCCC2. The summed E-state index contributed by atoms with van der Waals surface area (Å²) in [6.07, 6.45) is 8.32. The zero-order chi connectivity index (χ0) is 18.5. The zero-order valence-electron chi connectivity index (χ0n) is 16.4. The number of ether oxygens (including phenoxy) is 1. The molecule has 2 heterocycles. The summed E-state index contributed by atoms with van der Waals surface area (Å²) in [5.41, 5.74) is 3.82. The van der Waals surface area contributed by atoms with Crippen LogP contribution in [-0.4, -0.2) is 67.7 Å². The first-order chi connectivity index (χ1) is 13.3. The zero-order valence-corrected chi connectivity index (χ0v) is 16.4. The number of benzene rings is 1. The molecule has 27 heavy (non-hydrogen) atoms. The van der Waals surface area contributed by atoms with Crippen molar-refractivity contribution in [1.82, 2.24) is 9.80 Å². The second kappa shape index (κ2) is 9.18. The van der Waals surface area contributed by atoms with Crippen LogP contribution in [0.15, 0.2) is 18.2 Å². The molecule has 0 radical (unpaired) electrons. The number of hydrogen-bond donors (Lipinski definition) is 1. The second-order valence-electron chi connectivity index (χ2n) is 8.21. The molecule has 1 atom stereocenters. The van der Waals surface area contributed by atoms with E-state index in [1.165, 1.54) is 36.8 Å². The van der Waals surface area contributed by atoms with E-state index in [0.29, 0.717) is 12.6 Å². The second-order valence-corrected chi connectivity index (χ2v) is 8.21. The molecular formula is C22H33N3O2. The van der Waals surface area contributed by atoms with Crippen LogP contribution in [0.4, 0.5) is 5.69 Å². The molecule has 1 N–H and O–H groups in total. The van der Waals surface area contributed by atoms with Gasteiger partial charge in [-0.2, -0.15) is 0 Å². The summed E-state index contributed by atoms with van der Waals surface area (Å²) < 4.78 is 5.49. The van der Waals surface area contributed by atoms with Crippen LogP contribution in [-0.2, 0) is 22.4 Å². The van der Waals surface area contributed by atoms with Crippen molar-refractivity contribution in [2.45, 2.75) is 51.0 Å². The monoisotopic (exact) mass is 371 g/mol. The van der Waals surface area contributed by atoms with Gasteiger partial charge in [-0.3, -0.25) is 14.6 Å². The predicted octanol–water partition coefficient (Wildman–Crippen LogP) is 2.69. The lowest BCUT2D eigenvalue weighted by molar-refractivity contribution is -0.117. The third-order valence-electron chi connectivity index (χ3n) is 6.39. The van der Waals surface area contributed by atoms with Gasteiger partial charge in [0.25, 0.3) is 0 Å². The van der Waals surface area contributed by atoms with Crippen LogP contribution in [0.2, 0.25) is 0 Å². The van der Waals surface area contributed by atoms with Crippen molar-refractivity contribution in [3.63, 3.8) is 0 Å². The molecule has 1 aromatic carbocycles. The first-order valence-electron chi connectivity index (χ1n) is 10.7. The van der Waals surface area contributed by atoms with Crippen molar-refractivity contribution < 1.29 is 9.53 Å². The number of hydrogen-bond acceptors (Lipinski definition) is 4. The van der Waals surface area contributed by atoms with Crippen molar-refractivity contribution in [3.8, 4) is 0 Å². The van der Waals surface area contributed by atoms with E-state index in [2.05, 4.69) is 33.3 Å². The maximum Gasteiger partial charge on any atom is 0.238 e. The van der Waals surface area contributed by atoms with Gasteiger partial charge in [-0.25, -0.2) is 0 Å². The van der Waals surface area contributed by atoms with Gasteiger partial charge in [0.2, 0.25) is 5.91 Å². The topological polar surface area (TPSA) is 44.8 Å². The van der Waals surface area contributed by atoms with Gasteiger partial charge < -0.3 is 10.1 Å². The summed E-state index contributed by atoms with van der Waals surface area (Å²) in [7, 11) is 0. The quantitative estimate of drug-likeness (QED) is 0.884. The molecule has 5 heteroatoms. The summed E-state index contributed by atoms with van der Waals surface area (Å²) in [4.78, 5) is 17.6. The van der Waals surface area contributed by atoms with E-state index in [1.54, 1.807) is 0 Å². The maximum absolute atomic E-state index is 12.7. The molecule has 0 bridgehead atoms. The number of amides is 1. The van der Waals surface area contributed by atoms with E-state index in [4.69, 9.17) is 4.74 Å². The Kier molecular flexibility index (Phi) is 6.43. The van der Waals surface area contributed by atoms with Crippen LogP contribution >= 0.6 is 0 Å². The number of aryl methyl sites for hydroxylation is 1. The Bertz CT molecular complexity index is 642. The van der Waals surface area contributed by atoms with E-state index in [-0.39, 0.29) is 5.91 Å². The standard InChI is InChI=1S/C22H33N3O2/c26-22(23-21-9-3-6-18-5-1-2-8-20(18)21)17-24-11-4-7-19(10-12-24)25-13-15-27-16-14-25/h3,6,9,19H,1-2,4-5,7-8,10-17H2,(H,23,26). The van der Waals surface area contributed by atoms with Crippen LogP contribution in [0.3, 0.4) is 0 Å². The number of rotatable bonds is 4. The minimum Gasteiger partial charge on any atom is -0.379 e. The van der Waals surface area contributed by atoms with E-state index in [0.717, 1.165) is 64.3 Å². The Labute approximate surface area is 163 Å². The molecule has 3 aliphatic rings. The number of nitrogens with one attached hydrogen (secondary N) is 1. The highest BCUT2D eigenvalue weighted by Crippen LogP contribution is 2.28. The molecule has 1 aliphatic carbocycles. The Morgan fingerprint density at radius 3 is 2.78 bits per heavy atom. The molecule has 148 valence electrons. The molecule has 0 spiro atoms. The molecule has 0 aromatic heterocycles. The number of carbonyl (C=O) groups excluding carboxylic acids is 1. The highest BCUT2D eigenvalue weighted by Gasteiger charge is 2.25. The third-order valence-corrected chi connectivity index (χ3v) is 6.39. The Hall–Kier alpha value is -1.43. The third kappa shape index (κ3) is 4.89. The van der Waals surface area contributed by atoms with Crippen LogP contribution in [0.5, 0.6) is 0 Å². The molecule has 2 fully saturated rings. The number of nitrogens with zero attached hydrogens (tertiary/aromatic N) is 2. The fourth-order valence-electron chi connectivity index (χ4n) is 4.90. The van der Waals surface area contributed by atoms with Gasteiger partial charge in [-0.1, -0.05) is 12.1 Å². The minimum absolute atomic E-state index is 0.138. The highest BCUT2D eigenvalue weighted by atomic mass is 16.5. The summed E-state index contributed by atoms with van der Waals surface area (Å²) in [5.74, 6) is 0.138. The lowest BCUT2D eigenvalue weighted by atomic mass is 9.90. The fraction of sp³-hybridized carbons (Fsp3) is 0.682. The normalized spacial score (nSPS) is 24.8. The molecule has 1 aromatic rings. The van der Waals surface area contributed by atoms with Gasteiger partial charge in [0.1, 0.15) is 0 Å². The minimum atomic E-state index is 0.138. The molecule has 1 unspecified atom stereocenters. The first-order valence-corrected chi connectivity index (χ1v) is 10.7.